The minimum Gasteiger partial charge on any atom is -0.488 e. The van der Waals surface area contributed by atoms with Crippen LogP contribution in [0, 0.1) is 0 Å². The van der Waals surface area contributed by atoms with E-state index < -0.39 is 0 Å². The lowest BCUT2D eigenvalue weighted by Gasteiger charge is -2.22. The molecule has 3 nitrogen and oxygen atoms in total. The number of rotatable bonds is 4. The summed E-state index contributed by atoms with van der Waals surface area (Å²) in [6.07, 6.45) is 3.02. The number of benzene rings is 1. The molecule has 0 atom stereocenters. The van der Waals surface area contributed by atoms with Gasteiger partial charge in [0.25, 0.3) is 0 Å². The van der Waals surface area contributed by atoms with Gasteiger partial charge < -0.3 is 9.47 Å². The topological polar surface area (TPSA) is 35.5 Å². The van der Waals surface area contributed by atoms with Gasteiger partial charge in [0.15, 0.2) is 0 Å². The van der Waals surface area contributed by atoms with Crippen molar-refractivity contribution in [3.05, 3.63) is 35.9 Å². The lowest BCUT2D eigenvalue weighted by atomic mass is 10.1. The second-order valence-electron chi connectivity index (χ2n) is 5.57. The van der Waals surface area contributed by atoms with Gasteiger partial charge in [-0.1, -0.05) is 18.2 Å². The summed E-state index contributed by atoms with van der Waals surface area (Å²) >= 11 is 0. The van der Waals surface area contributed by atoms with Gasteiger partial charge in [0.2, 0.25) is 0 Å². The predicted molar refractivity (Wildman–Crippen MR) is 77.1 cm³/mol. The third kappa shape index (κ3) is 6.09. The first-order valence-electron chi connectivity index (χ1n) is 6.44. The van der Waals surface area contributed by atoms with E-state index in [0.717, 1.165) is 11.3 Å². The van der Waals surface area contributed by atoms with Crippen molar-refractivity contribution in [3.8, 4) is 5.75 Å². The first-order valence-corrected chi connectivity index (χ1v) is 6.44. The van der Waals surface area contributed by atoms with Crippen LogP contribution in [0.2, 0.25) is 0 Å². The molecule has 0 fully saturated rings. The molecule has 3 heteroatoms. The van der Waals surface area contributed by atoms with Crippen LogP contribution in [0.4, 0.5) is 0 Å². The zero-order chi connectivity index (χ0) is 14.5. The normalized spacial score (nSPS) is 11.9. The van der Waals surface area contributed by atoms with Crippen LogP contribution in [-0.4, -0.2) is 17.7 Å². The first kappa shape index (κ1) is 15.3. The quantitative estimate of drug-likeness (QED) is 0.611. The summed E-state index contributed by atoms with van der Waals surface area (Å²) in [6.45, 7) is 9.60. The maximum Gasteiger partial charge on any atom is 0.331 e. The maximum atomic E-state index is 11.5. The second kappa shape index (κ2) is 6.41. The molecule has 104 valence electrons. The smallest absolute Gasteiger partial charge is 0.331 e. The van der Waals surface area contributed by atoms with Gasteiger partial charge in [-0.2, -0.15) is 0 Å². The van der Waals surface area contributed by atoms with E-state index in [0.29, 0.717) is 0 Å². The Morgan fingerprint density at radius 2 is 1.84 bits per heavy atom. The van der Waals surface area contributed by atoms with Gasteiger partial charge in [0.05, 0.1) is 6.10 Å². The second-order valence-corrected chi connectivity index (χ2v) is 5.57. The van der Waals surface area contributed by atoms with Crippen LogP contribution in [0.3, 0.4) is 0 Å². The molecule has 0 aliphatic carbocycles. The highest BCUT2D eigenvalue weighted by Crippen LogP contribution is 2.24. The Balaban J connectivity index is 2.83. The molecule has 0 heterocycles. The van der Waals surface area contributed by atoms with Crippen LogP contribution >= 0.6 is 0 Å². The summed E-state index contributed by atoms with van der Waals surface area (Å²) in [5.41, 5.74) is 0.584. The van der Waals surface area contributed by atoms with Crippen LogP contribution in [-0.2, 0) is 9.53 Å². The first-order chi connectivity index (χ1) is 8.78. The lowest BCUT2D eigenvalue weighted by molar-refractivity contribution is -0.141. The molecule has 1 aromatic rings. The average molecular weight is 262 g/mol. The molecule has 0 amide bonds. The van der Waals surface area contributed by atoms with E-state index in [2.05, 4.69) is 0 Å². The van der Waals surface area contributed by atoms with Gasteiger partial charge in [-0.15, -0.1) is 0 Å². The van der Waals surface area contributed by atoms with Crippen molar-refractivity contribution in [2.75, 3.05) is 0 Å². The van der Waals surface area contributed by atoms with Crippen LogP contribution in [0.1, 0.15) is 40.2 Å². The van der Waals surface area contributed by atoms with Crippen LogP contribution < -0.4 is 4.74 Å². The zero-order valence-electron chi connectivity index (χ0n) is 12.3. The van der Waals surface area contributed by atoms with Gasteiger partial charge in [0.1, 0.15) is 11.4 Å². The molecule has 0 spiro atoms. The van der Waals surface area contributed by atoms with E-state index in [1.165, 1.54) is 6.08 Å². The summed E-state index contributed by atoms with van der Waals surface area (Å²) in [5, 5.41) is 0. The standard InChI is InChI=1S/C16H22O3/c1-12(2)18-15(17)11-10-13-8-6-7-9-14(13)19-16(3,4)5/h6-12H,1-5H3/b11-10+. The van der Waals surface area contributed by atoms with Crippen LogP contribution in [0.15, 0.2) is 30.3 Å². The highest BCUT2D eigenvalue weighted by Gasteiger charge is 2.13. The zero-order valence-corrected chi connectivity index (χ0v) is 12.3. The monoisotopic (exact) mass is 262 g/mol. The van der Waals surface area contributed by atoms with Crippen molar-refractivity contribution in [1.29, 1.82) is 0 Å². The Morgan fingerprint density at radius 1 is 1.21 bits per heavy atom. The Morgan fingerprint density at radius 3 is 2.42 bits per heavy atom. The van der Waals surface area contributed by atoms with Gasteiger partial charge in [-0.25, -0.2) is 4.79 Å². The third-order valence-corrected chi connectivity index (χ3v) is 2.09. The molecular weight excluding hydrogens is 240 g/mol. The molecule has 0 N–H and O–H groups in total. The van der Waals surface area contributed by atoms with Gasteiger partial charge in [-0.3, -0.25) is 0 Å². The molecule has 0 aliphatic heterocycles. The van der Waals surface area contributed by atoms with E-state index in [1.807, 2.05) is 58.9 Å². The van der Waals surface area contributed by atoms with Crippen molar-refractivity contribution in [3.63, 3.8) is 0 Å². The average Bonchev–Trinajstić information content (AvgIpc) is 2.25. The summed E-state index contributed by atoms with van der Waals surface area (Å²) in [4.78, 5) is 11.5. The minimum absolute atomic E-state index is 0.113. The van der Waals surface area contributed by atoms with E-state index in [4.69, 9.17) is 9.47 Å². The van der Waals surface area contributed by atoms with E-state index >= 15 is 0 Å². The number of hydrogen-bond donors (Lipinski definition) is 0. The maximum absolute atomic E-state index is 11.5. The van der Waals surface area contributed by atoms with Crippen molar-refractivity contribution in [2.45, 2.75) is 46.3 Å². The van der Waals surface area contributed by atoms with Crippen molar-refractivity contribution < 1.29 is 14.3 Å². The number of hydrogen-bond acceptors (Lipinski definition) is 3. The molecule has 0 aliphatic rings. The van der Waals surface area contributed by atoms with E-state index in [-0.39, 0.29) is 17.7 Å². The summed E-state index contributed by atoms with van der Waals surface area (Å²) in [6, 6.07) is 7.60. The largest absolute Gasteiger partial charge is 0.488 e. The molecule has 0 saturated carbocycles. The summed E-state index contributed by atoms with van der Waals surface area (Å²) in [5.74, 6) is 0.407. The van der Waals surface area contributed by atoms with Crippen LogP contribution in [0.25, 0.3) is 6.08 Å². The number of carbonyl (C=O) groups is 1. The number of para-hydroxylation sites is 1. The Hall–Kier alpha value is -1.77. The molecule has 0 unspecified atom stereocenters. The third-order valence-electron chi connectivity index (χ3n) is 2.09. The SMILES string of the molecule is CC(C)OC(=O)/C=C/c1ccccc1OC(C)(C)C. The van der Waals surface area contributed by atoms with Crippen molar-refractivity contribution in [2.24, 2.45) is 0 Å². The van der Waals surface area contributed by atoms with Crippen LogP contribution in [0.5, 0.6) is 5.75 Å². The fourth-order valence-corrected chi connectivity index (χ4v) is 1.47. The molecule has 0 radical (unpaired) electrons. The highest BCUT2D eigenvalue weighted by molar-refractivity contribution is 5.87. The van der Waals surface area contributed by atoms with Crippen molar-refractivity contribution >= 4 is 12.0 Å². The van der Waals surface area contributed by atoms with Gasteiger partial charge in [-0.05, 0) is 46.8 Å². The van der Waals surface area contributed by atoms with E-state index in [1.54, 1.807) is 6.08 Å². The number of ether oxygens (including phenoxy) is 2. The lowest BCUT2D eigenvalue weighted by Crippen LogP contribution is -2.23. The summed E-state index contributed by atoms with van der Waals surface area (Å²) < 4.78 is 10.9. The minimum atomic E-state index is -0.347. The van der Waals surface area contributed by atoms with E-state index in [9.17, 15) is 4.79 Å². The van der Waals surface area contributed by atoms with Gasteiger partial charge in [0, 0.05) is 11.6 Å². The molecule has 0 bridgehead atoms. The molecule has 0 saturated heterocycles. The fourth-order valence-electron chi connectivity index (χ4n) is 1.47. The predicted octanol–water partition coefficient (Wildman–Crippen LogP) is 3.83. The Bertz CT molecular complexity index is 453. The van der Waals surface area contributed by atoms with Crippen molar-refractivity contribution in [1.82, 2.24) is 0 Å². The van der Waals surface area contributed by atoms with Gasteiger partial charge >= 0.3 is 5.97 Å². The fraction of sp³-hybridized carbons (Fsp3) is 0.438. The molecule has 1 rings (SSSR count). The molecular formula is C16H22O3. The highest BCUT2D eigenvalue weighted by atomic mass is 16.5. The molecule has 0 aromatic heterocycles. The Kier molecular flexibility index (Phi) is 5.16. The Labute approximate surface area is 115 Å². The number of esters is 1. The number of carbonyl (C=O) groups excluding carboxylic acids is 1. The molecule has 1 aromatic carbocycles. The summed E-state index contributed by atoms with van der Waals surface area (Å²) in [7, 11) is 0. The molecule has 19 heavy (non-hydrogen) atoms.